The molecular formula is H33Na2O18P. The van der Waals surface area contributed by atoms with E-state index in [-0.39, 0.29) is 136 Å². The molecule has 0 aromatic heterocycles. The van der Waals surface area contributed by atoms with E-state index in [4.69, 9.17) is 19.2 Å². The van der Waals surface area contributed by atoms with Crippen molar-refractivity contribution in [3.05, 3.63) is 0 Å². The zero-order valence-corrected chi connectivity index (χ0v) is 10.1. The first-order chi connectivity index (χ1) is 2.00. The van der Waals surface area contributed by atoms with Crippen LogP contribution in [0, 0.1) is 0 Å². The molecule has 21 heavy (non-hydrogen) atoms. The molecule has 31 N–H and O–H groups in total. The summed E-state index contributed by atoms with van der Waals surface area (Å²) in [5.74, 6) is 0. The predicted molar refractivity (Wildman–Crippen MR) is 79.2 cm³/mol. The van der Waals surface area contributed by atoms with Crippen LogP contribution >= 0.6 is 7.82 Å². The van der Waals surface area contributed by atoms with Crippen LogP contribution in [0.1, 0.15) is 0 Å². The van der Waals surface area contributed by atoms with Gasteiger partial charge in [-0.1, -0.05) is 0 Å². The van der Waals surface area contributed by atoms with Gasteiger partial charge in [-0.3, -0.25) is 0 Å². The molecule has 0 fully saturated rings. The van der Waals surface area contributed by atoms with E-state index in [1.54, 1.807) is 0 Å². The van der Waals surface area contributed by atoms with Crippen LogP contribution < -0.4 is 0 Å². The second-order valence-electron chi connectivity index (χ2n) is 0.513. The molecule has 0 aromatic rings. The molecule has 0 saturated carbocycles. The van der Waals surface area contributed by atoms with Gasteiger partial charge in [-0.05, 0) is 0 Å². The van der Waals surface area contributed by atoms with Crippen LogP contribution in [-0.2, 0) is 4.57 Å². The molecule has 21 heteroatoms. The summed E-state index contributed by atoms with van der Waals surface area (Å²) in [5.41, 5.74) is 0. The van der Waals surface area contributed by atoms with E-state index in [0.717, 1.165) is 0 Å². The average molecular weight is 398 g/mol. The Balaban J connectivity index is -0.000000000667. The van der Waals surface area contributed by atoms with Crippen molar-refractivity contribution < 1.29 is 95.9 Å². The standard InChI is InChI=1S/2Na.H3O4P.14H2O.2H/c;;1-5(2,3)4;;;;;;;;;;;;;;;;/h;;(H3,1,2,3,4);14*1H2;;. The quantitative estimate of drug-likeness (QED) is 0.264. The molecule has 0 rings (SSSR count). The van der Waals surface area contributed by atoms with E-state index in [9.17, 15) is 0 Å². The first-order valence-corrected chi connectivity index (χ1v) is 2.35. The van der Waals surface area contributed by atoms with Crippen LogP contribution in [0.3, 0.4) is 0 Å². The van der Waals surface area contributed by atoms with E-state index in [2.05, 4.69) is 0 Å². The minimum atomic E-state index is -4.64. The summed E-state index contributed by atoms with van der Waals surface area (Å²) in [6, 6.07) is 0. The number of hydrogen-bond acceptors (Lipinski definition) is 1. The third-order valence-corrected chi connectivity index (χ3v) is 0. The second kappa shape index (κ2) is 160. The van der Waals surface area contributed by atoms with Gasteiger partial charge in [-0.2, -0.15) is 0 Å². The third kappa shape index (κ3) is 3430. The molecule has 0 amide bonds. The Hall–Kier alpha value is 1.55. The van der Waals surface area contributed by atoms with Crippen molar-refractivity contribution in [1.29, 1.82) is 0 Å². The van der Waals surface area contributed by atoms with Crippen LogP contribution in [0.25, 0.3) is 0 Å². The maximum atomic E-state index is 8.88. The summed E-state index contributed by atoms with van der Waals surface area (Å²) in [6.45, 7) is 0. The second-order valence-corrected chi connectivity index (χ2v) is 1.54. The van der Waals surface area contributed by atoms with Crippen LogP contribution in [0.2, 0.25) is 0 Å². The van der Waals surface area contributed by atoms with Gasteiger partial charge in [0.05, 0.1) is 0 Å². The van der Waals surface area contributed by atoms with E-state index in [1.807, 2.05) is 0 Å². The minimum absolute atomic E-state index is 0. The Morgan fingerprint density at radius 2 is 0.381 bits per heavy atom. The van der Waals surface area contributed by atoms with Gasteiger partial charge in [0, 0.05) is 0 Å². The van der Waals surface area contributed by atoms with Crippen LogP contribution in [0.15, 0.2) is 0 Å². The molecule has 0 aliphatic rings. The van der Waals surface area contributed by atoms with Gasteiger partial charge in [-0.15, -0.1) is 0 Å². The first kappa shape index (κ1) is 340. The molecular weight excluding hydrogens is 365 g/mol. The molecule has 0 heterocycles. The predicted octanol–water partition coefficient (Wildman–Crippen LogP) is -13.8. The van der Waals surface area contributed by atoms with Crippen molar-refractivity contribution in [1.82, 2.24) is 0 Å². The molecule has 148 valence electrons. The summed E-state index contributed by atoms with van der Waals surface area (Å²) in [7, 11) is -4.64. The Kier molecular flexibility index (Phi) is 2580. The van der Waals surface area contributed by atoms with E-state index >= 15 is 0 Å². The van der Waals surface area contributed by atoms with Crippen molar-refractivity contribution in [3.63, 3.8) is 0 Å². The fourth-order valence-corrected chi connectivity index (χ4v) is 0. The molecule has 18 nitrogen and oxygen atoms in total. The van der Waals surface area contributed by atoms with E-state index in [0.29, 0.717) is 0 Å². The summed E-state index contributed by atoms with van der Waals surface area (Å²) in [5, 5.41) is 0. The third-order valence-electron chi connectivity index (χ3n) is 0. The monoisotopic (exact) mass is 398 g/mol. The summed E-state index contributed by atoms with van der Waals surface area (Å²) < 4.78 is 8.88. The van der Waals surface area contributed by atoms with Crippen LogP contribution in [-0.4, -0.2) is 150 Å². The topological polar surface area (TPSA) is 519 Å². The number of phosphoric acid groups is 1. The van der Waals surface area contributed by atoms with Gasteiger partial charge >= 0.3 is 66.9 Å². The van der Waals surface area contributed by atoms with Gasteiger partial charge in [0.1, 0.15) is 0 Å². The summed E-state index contributed by atoms with van der Waals surface area (Å²) in [6.07, 6.45) is 0. The van der Waals surface area contributed by atoms with Gasteiger partial charge < -0.3 is 91.3 Å². The Morgan fingerprint density at radius 3 is 0.381 bits per heavy atom. The summed E-state index contributed by atoms with van der Waals surface area (Å²) in [4.78, 5) is 21.6. The fourth-order valence-electron chi connectivity index (χ4n) is 0. The molecule has 0 aliphatic heterocycles. The zero-order chi connectivity index (χ0) is 4.50. The fraction of sp³-hybridized carbons (Fsp3) is 0. The SMILES string of the molecule is O.O.O.O.O.O.O.O.O.O.O.O.O.O.O=P(O)(O)O.[NaH].[NaH]. The number of rotatable bonds is 0. The first-order valence-electron chi connectivity index (χ1n) is 0.783. The molecule has 0 radical (unpaired) electrons. The molecule has 0 bridgehead atoms. The maximum absolute atomic E-state index is 8.88. The van der Waals surface area contributed by atoms with E-state index < -0.39 is 7.82 Å². The van der Waals surface area contributed by atoms with Gasteiger partial charge in [0.15, 0.2) is 0 Å². The Morgan fingerprint density at radius 1 is 0.381 bits per heavy atom. The van der Waals surface area contributed by atoms with Crippen molar-refractivity contribution >= 4 is 66.9 Å². The average Bonchev–Trinajstić information content (AvgIpc) is 0.722. The van der Waals surface area contributed by atoms with E-state index in [1.165, 1.54) is 0 Å². The van der Waals surface area contributed by atoms with Gasteiger partial charge in [-0.25, -0.2) is 4.57 Å². The van der Waals surface area contributed by atoms with Crippen LogP contribution in [0.4, 0.5) is 0 Å². The van der Waals surface area contributed by atoms with Crippen molar-refractivity contribution in [2.45, 2.75) is 0 Å². The normalized spacial score (nSPS) is 2.81. The van der Waals surface area contributed by atoms with Crippen LogP contribution in [0.5, 0.6) is 0 Å². The zero-order valence-electron chi connectivity index (χ0n) is 9.20. The Bertz CT molecular complexity index is 61.4. The molecule has 0 unspecified atom stereocenters. The molecule has 0 spiro atoms. The molecule has 0 atom stereocenters. The molecule has 0 saturated heterocycles. The molecule has 0 aliphatic carbocycles. The van der Waals surface area contributed by atoms with Gasteiger partial charge in [0.2, 0.25) is 0 Å². The van der Waals surface area contributed by atoms with Crippen molar-refractivity contribution in [2.75, 3.05) is 0 Å². The van der Waals surface area contributed by atoms with Crippen molar-refractivity contribution in [3.8, 4) is 0 Å². The molecule has 0 aromatic carbocycles. The van der Waals surface area contributed by atoms with Crippen molar-refractivity contribution in [2.24, 2.45) is 0 Å². The Labute approximate surface area is 162 Å². The summed E-state index contributed by atoms with van der Waals surface area (Å²) >= 11 is 0. The van der Waals surface area contributed by atoms with Gasteiger partial charge in [0.25, 0.3) is 0 Å². The number of hydrogen-bond donors (Lipinski definition) is 3.